The van der Waals surface area contributed by atoms with Crippen molar-refractivity contribution in [3.63, 3.8) is 0 Å². The first-order valence-corrected chi connectivity index (χ1v) is 8.79. The molecule has 1 saturated heterocycles. The summed E-state index contributed by atoms with van der Waals surface area (Å²) < 4.78 is 0. The molecule has 1 aromatic rings. The number of piperazine rings is 1. The molecule has 1 unspecified atom stereocenters. The number of likely N-dealkylation sites (N-methyl/N-ethyl adjacent to an activating group) is 1. The van der Waals surface area contributed by atoms with Crippen molar-refractivity contribution >= 4 is 23.0 Å². The predicted molar refractivity (Wildman–Crippen MR) is 100 cm³/mol. The van der Waals surface area contributed by atoms with E-state index in [0.717, 1.165) is 55.6 Å². The lowest BCUT2D eigenvalue weighted by Crippen LogP contribution is -2.52. The van der Waals surface area contributed by atoms with E-state index in [1.54, 1.807) is 0 Å². The number of nitrogens with zero attached hydrogens (tertiary/aromatic N) is 5. The van der Waals surface area contributed by atoms with E-state index in [1.165, 1.54) is 5.56 Å². The van der Waals surface area contributed by atoms with Gasteiger partial charge in [-0.2, -0.15) is 0 Å². The number of rotatable bonds is 0. The molecule has 3 aliphatic rings. The van der Waals surface area contributed by atoms with Crippen molar-refractivity contribution in [2.45, 2.75) is 26.3 Å². The molecule has 0 N–H and O–H groups in total. The molecular weight excluding hydrogens is 298 g/mol. The van der Waals surface area contributed by atoms with E-state index in [-0.39, 0.29) is 6.04 Å². The molecule has 0 saturated carbocycles. The zero-order valence-electron chi connectivity index (χ0n) is 14.7. The van der Waals surface area contributed by atoms with Gasteiger partial charge in [-0.05, 0) is 45.0 Å². The second-order valence-corrected chi connectivity index (χ2v) is 7.01. The second-order valence-electron chi connectivity index (χ2n) is 7.01. The molecule has 24 heavy (non-hydrogen) atoms. The van der Waals surface area contributed by atoms with E-state index >= 15 is 0 Å². The van der Waals surface area contributed by atoms with Gasteiger partial charge in [-0.3, -0.25) is 9.89 Å². The van der Waals surface area contributed by atoms with E-state index in [9.17, 15) is 0 Å². The molecule has 1 fully saturated rings. The van der Waals surface area contributed by atoms with Crippen molar-refractivity contribution in [2.24, 2.45) is 9.98 Å². The van der Waals surface area contributed by atoms with Crippen molar-refractivity contribution in [1.29, 1.82) is 0 Å². The lowest BCUT2D eigenvalue weighted by Gasteiger charge is -2.38. The zero-order valence-corrected chi connectivity index (χ0v) is 14.7. The Hall–Kier alpha value is -2.14. The average molecular weight is 323 g/mol. The third-order valence-electron chi connectivity index (χ3n) is 4.92. The minimum absolute atomic E-state index is 0.283. The monoisotopic (exact) mass is 323 g/mol. The average Bonchev–Trinajstić information content (AvgIpc) is 2.76. The summed E-state index contributed by atoms with van der Waals surface area (Å²) in [6, 6.07) is 6.75. The highest BCUT2D eigenvalue weighted by molar-refractivity contribution is 6.47. The first-order valence-electron chi connectivity index (χ1n) is 8.79. The summed E-state index contributed by atoms with van der Waals surface area (Å²) in [4.78, 5) is 17.0. The molecule has 5 nitrogen and oxygen atoms in total. The van der Waals surface area contributed by atoms with Crippen LogP contribution >= 0.6 is 0 Å². The lowest BCUT2D eigenvalue weighted by atomic mass is 10.1. The van der Waals surface area contributed by atoms with Gasteiger partial charge in [-0.25, -0.2) is 4.99 Å². The second kappa shape index (κ2) is 6.06. The van der Waals surface area contributed by atoms with Crippen LogP contribution in [0.2, 0.25) is 0 Å². The largest absolute Gasteiger partial charge is 0.351 e. The normalized spacial score (nSPS) is 24.0. The van der Waals surface area contributed by atoms with Crippen molar-refractivity contribution < 1.29 is 0 Å². The van der Waals surface area contributed by atoms with Gasteiger partial charge in [-0.15, -0.1) is 0 Å². The predicted octanol–water partition coefficient (Wildman–Crippen LogP) is 2.80. The number of hydrogen-bond acceptors (Lipinski definition) is 5. The number of amidine groups is 2. The molecular formula is C19H25N5. The van der Waals surface area contributed by atoms with Gasteiger partial charge >= 0.3 is 0 Å². The maximum atomic E-state index is 5.01. The van der Waals surface area contributed by atoms with E-state index < -0.39 is 0 Å². The topological polar surface area (TPSA) is 34.4 Å². The molecule has 0 aromatic heterocycles. The van der Waals surface area contributed by atoms with E-state index in [4.69, 9.17) is 9.98 Å². The van der Waals surface area contributed by atoms with E-state index in [1.807, 2.05) is 0 Å². The molecule has 3 aliphatic heterocycles. The highest BCUT2D eigenvalue weighted by Gasteiger charge is 2.31. The number of fused-ring (bicyclic) bond motifs is 3. The van der Waals surface area contributed by atoms with Crippen LogP contribution < -0.4 is 4.90 Å². The van der Waals surface area contributed by atoms with Crippen LogP contribution in [0.4, 0.5) is 11.4 Å². The van der Waals surface area contributed by atoms with E-state index in [2.05, 4.69) is 66.1 Å². The Balaban J connectivity index is 1.81. The number of anilines is 1. The Morgan fingerprint density at radius 1 is 1.08 bits per heavy atom. The van der Waals surface area contributed by atoms with Crippen LogP contribution in [0.5, 0.6) is 0 Å². The van der Waals surface area contributed by atoms with Crippen LogP contribution in [0.25, 0.3) is 0 Å². The highest BCUT2D eigenvalue weighted by Crippen LogP contribution is 2.36. The van der Waals surface area contributed by atoms with Crippen LogP contribution in [0, 0.1) is 6.92 Å². The molecule has 3 heterocycles. The Bertz CT molecular complexity index is 725. The van der Waals surface area contributed by atoms with Gasteiger partial charge in [0.1, 0.15) is 0 Å². The molecule has 0 radical (unpaired) electrons. The van der Waals surface area contributed by atoms with Gasteiger partial charge < -0.3 is 9.80 Å². The first kappa shape index (κ1) is 15.4. The van der Waals surface area contributed by atoms with Gasteiger partial charge in [-0.1, -0.05) is 12.1 Å². The van der Waals surface area contributed by atoms with Crippen LogP contribution in [0.1, 0.15) is 18.9 Å². The summed E-state index contributed by atoms with van der Waals surface area (Å²) in [7, 11) is 2.18. The molecule has 0 amide bonds. The molecule has 4 rings (SSSR count). The molecule has 1 aromatic carbocycles. The van der Waals surface area contributed by atoms with Crippen LogP contribution in [-0.2, 0) is 0 Å². The third-order valence-corrected chi connectivity index (χ3v) is 4.92. The first-order chi connectivity index (χ1) is 11.6. The molecule has 0 spiro atoms. The quantitative estimate of drug-likeness (QED) is 0.736. The summed E-state index contributed by atoms with van der Waals surface area (Å²) in [5, 5.41) is 0. The molecule has 1 atom stereocenters. The van der Waals surface area contributed by atoms with Crippen molar-refractivity contribution in [3.8, 4) is 0 Å². The van der Waals surface area contributed by atoms with Crippen LogP contribution in [0.15, 0.2) is 40.5 Å². The summed E-state index contributed by atoms with van der Waals surface area (Å²) in [5.74, 6) is 2.02. The Morgan fingerprint density at radius 3 is 2.67 bits per heavy atom. The Morgan fingerprint density at radius 2 is 1.88 bits per heavy atom. The minimum atomic E-state index is 0.283. The smallest absolute Gasteiger partial charge is 0.176 e. The SMILES string of the molecule is Cc1ccc2c(c1)N1C=CCC(C)N=C1C(N1CCN(C)CC1)=N2. The van der Waals surface area contributed by atoms with Crippen molar-refractivity contribution in [1.82, 2.24) is 9.80 Å². The maximum absolute atomic E-state index is 5.01. The third kappa shape index (κ3) is 2.73. The molecule has 0 aliphatic carbocycles. The fraction of sp³-hybridized carbons (Fsp3) is 0.474. The van der Waals surface area contributed by atoms with E-state index in [0.29, 0.717) is 0 Å². The van der Waals surface area contributed by atoms with Crippen molar-refractivity contribution in [3.05, 3.63) is 36.0 Å². The highest BCUT2D eigenvalue weighted by atomic mass is 15.3. The Labute approximate surface area is 144 Å². The Kier molecular flexibility index (Phi) is 3.88. The fourth-order valence-electron chi connectivity index (χ4n) is 3.43. The van der Waals surface area contributed by atoms with Gasteiger partial charge in [0.05, 0.1) is 17.4 Å². The van der Waals surface area contributed by atoms with Gasteiger partial charge in [0, 0.05) is 32.4 Å². The molecule has 126 valence electrons. The van der Waals surface area contributed by atoms with Gasteiger partial charge in [0.25, 0.3) is 0 Å². The van der Waals surface area contributed by atoms with Crippen molar-refractivity contribution in [2.75, 3.05) is 38.1 Å². The number of benzene rings is 1. The summed E-state index contributed by atoms with van der Waals surface area (Å²) in [5.41, 5.74) is 3.42. The summed E-state index contributed by atoms with van der Waals surface area (Å²) in [6.07, 6.45) is 5.36. The molecule has 0 bridgehead atoms. The lowest BCUT2D eigenvalue weighted by molar-refractivity contribution is 0.217. The number of aryl methyl sites for hydroxylation is 1. The minimum Gasteiger partial charge on any atom is -0.351 e. The van der Waals surface area contributed by atoms with Gasteiger partial charge in [0.15, 0.2) is 11.7 Å². The fourth-order valence-corrected chi connectivity index (χ4v) is 3.43. The standard InChI is InChI=1S/C19H25N5/c1-14-6-7-16-17(13-14)24-8-4-5-15(2)20-19(24)18(21-16)23-11-9-22(3)10-12-23/h4,6-8,13,15H,5,9-12H2,1-3H3. The maximum Gasteiger partial charge on any atom is 0.176 e. The zero-order chi connectivity index (χ0) is 16.7. The number of hydrogen-bond donors (Lipinski definition) is 0. The van der Waals surface area contributed by atoms with Crippen LogP contribution in [0.3, 0.4) is 0 Å². The van der Waals surface area contributed by atoms with Gasteiger partial charge in [0.2, 0.25) is 0 Å². The summed E-state index contributed by atoms with van der Waals surface area (Å²) in [6.45, 7) is 8.44. The van der Waals surface area contributed by atoms with Crippen LogP contribution in [-0.4, -0.2) is 60.7 Å². The number of aliphatic imine (C=N–C) groups is 2. The molecule has 5 heteroatoms. The summed E-state index contributed by atoms with van der Waals surface area (Å²) >= 11 is 0.